The van der Waals surface area contributed by atoms with Crippen LogP contribution in [-0.2, 0) is 6.54 Å². The zero-order chi connectivity index (χ0) is 12.1. The smallest absolute Gasteiger partial charge is 0.0995 e. The molecule has 0 bridgehead atoms. The fourth-order valence-electron chi connectivity index (χ4n) is 1.60. The summed E-state index contributed by atoms with van der Waals surface area (Å²) in [7, 11) is 0. The van der Waals surface area contributed by atoms with E-state index in [2.05, 4.69) is 51.5 Å². The van der Waals surface area contributed by atoms with Gasteiger partial charge in [-0.2, -0.15) is 0 Å². The zero-order valence-corrected chi connectivity index (χ0v) is 11.4. The van der Waals surface area contributed by atoms with Crippen molar-refractivity contribution in [1.82, 2.24) is 14.9 Å². The van der Waals surface area contributed by atoms with Gasteiger partial charge in [-0.05, 0) is 37.2 Å². The lowest BCUT2D eigenvalue weighted by Crippen LogP contribution is -2.13. The van der Waals surface area contributed by atoms with Gasteiger partial charge in [0.15, 0.2) is 0 Å². The van der Waals surface area contributed by atoms with E-state index in [1.165, 1.54) is 0 Å². The number of hydrogen-bond acceptors (Lipinski definition) is 2. The number of hydrogen-bond donors (Lipinski definition) is 1. The van der Waals surface area contributed by atoms with Crippen LogP contribution >= 0.6 is 15.9 Å². The minimum atomic E-state index is 0.831. The largest absolute Gasteiger partial charge is 0.311 e. The van der Waals surface area contributed by atoms with Crippen LogP contribution in [0.5, 0.6) is 0 Å². The Bertz CT molecular complexity index is 462. The molecule has 2 aromatic rings. The van der Waals surface area contributed by atoms with Crippen LogP contribution in [0.4, 0.5) is 0 Å². The van der Waals surface area contributed by atoms with Crippen LogP contribution < -0.4 is 5.32 Å². The minimum absolute atomic E-state index is 0.831. The Morgan fingerprint density at radius 2 is 2.06 bits per heavy atom. The molecule has 4 heteroatoms. The molecular weight excluding hydrogens is 278 g/mol. The first kappa shape index (κ1) is 12.3. The molecule has 1 aromatic carbocycles. The molecule has 1 aromatic heterocycles. The highest BCUT2D eigenvalue weighted by molar-refractivity contribution is 9.10. The lowest BCUT2D eigenvalue weighted by molar-refractivity contribution is 0.666. The molecule has 1 N–H and O–H groups in total. The quantitative estimate of drug-likeness (QED) is 0.859. The van der Waals surface area contributed by atoms with Crippen LogP contribution in [0.15, 0.2) is 41.3 Å². The van der Waals surface area contributed by atoms with Crippen molar-refractivity contribution in [3.63, 3.8) is 0 Å². The van der Waals surface area contributed by atoms with E-state index in [-0.39, 0.29) is 0 Å². The van der Waals surface area contributed by atoms with Crippen molar-refractivity contribution >= 4 is 15.9 Å². The van der Waals surface area contributed by atoms with Gasteiger partial charge in [-0.3, -0.25) is 0 Å². The highest BCUT2D eigenvalue weighted by Crippen LogP contribution is 2.14. The molecule has 17 heavy (non-hydrogen) atoms. The van der Waals surface area contributed by atoms with Crippen molar-refractivity contribution in [1.29, 1.82) is 0 Å². The molecule has 2 rings (SSSR count). The number of imidazole rings is 1. The number of nitrogens with one attached hydrogen (secondary N) is 1. The molecule has 1 heterocycles. The van der Waals surface area contributed by atoms with Crippen molar-refractivity contribution in [2.24, 2.45) is 0 Å². The molecular formula is C13H16BrN3. The van der Waals surface area contributed by atoms with Gasteiger partial charge < -0.3 is 9.88 Å². The Balaban J connectivity index is 2.04. The molecule has 0 amide bonds. The van der Waals surface area contributed by atoms with E-state index in [9.17, 15) is 0 Å². The topological polar surface area (TPSA) is 29.9 Å². The SMILES string of the molecule is CCCNCc1cn(-c2ccc(Br)cc2)cn1. The molecule has 0 aliphatic heterocycles. The molecule has 0 spiro atoms. The maximum absolute atomic E-state index is 4.38. The van der Waals surface area contributed by atoms with Crippen molar-refractivity contribution in [3.05, 3.63) is 47.0 Å². The van der Waals surface area contributed by atoms with E-state index in [1.54, 1.807) is 0 Å². The molecule has 90 valence electrons. The normalized spacial score (nSPS) is 10.7. The fourth-order valence-corrected chi connectivity index (χ4v) is 1.87. The third-order valence-electron chi connectivity index (χ3n) is 2.49. The van der Waals surface area contributed by atoms with Crippen LogP contribution in [0.1, 0.15) is 19.0 Å². The molecule has 0 atom stereocenters. The summed E-state index contributed by atoms with van der Waals surface area (Å²) in [6, 6.07) is 8.19. The van der Waals surface area contributed by atoms with Crippen LogP contribution in [0, 0.1) is 0 Å². The first-order chi connectivity index (χ1) is 8.29. The molecule has 0 unspecified atom stereocenters. The molecule has 0 aliphatic carbocycles. The molecule has 0 saturated carbocycles. The number of halogens is 1. The summed E-state index contributed by atoms with van der Waals surface area (Å²) in [6.07, 6.45) is 5.06. The maximum atomic E-state index is 4.38. The summed E-state index contributed by atoms with van der Waals surface area (Å²) in [5.74, 6) is 0. The average Bonchev–Trinajstić information content (AvgIpc) is 2.79. The van der Waals surface area contributed by atoms with E-state index in [1.807, 2.05) is 23.0 Å². The van der Waals surface area contributed by atoms with E-state index < -0.39 is 0 Å². The number of benzene rings is 1. The van der Waals surface area contributed by atoms with Crippen molar-refractivity contribution < 1.29 is 0 Å². The Hall–Kier alpha value is -1.13. The summed E-state index contributed by atoms with van der Waals surface area (Å²) in [6.45, 7) is 4.02. The first-order valence-corrected chi connectivity index (χ1v) is 6.58. The molecule has 0 aliphatic rings. The Labute approximate surface area is 110 Å². The van der Waals surface area contributed by atoms with Gasteiger partial charge in [-0.1, -0.05) is 22.9 Å². The Kier molecular flexibility index (Phi) is 4.34. The summed E-state index contributed by atoms with van der Waals surface area (Å²) in [5, 5.41) is 3.34. The molecule has 0 fully saturated rings. The monoisotopic (exact) mass is 293 g/mol. The van der Waals surface area contributed by atoms with Gasteiger partial charge in [-0.15, -0.1) is 0 Å². The van der Waals surface area contributed by atoms with Gasteiger partial charge in [0.2, 0.25) is 0 Å². The summed E-state index contributed by atoms with van der Waals surface area (Å²) >= 11 is 3.43. The van der Waals surface area contributed by atoms with Gasteiger partial charge >= 0.3 is 0 Å². The summed E-state index contributed by atoms with van der Waals surface area (Å²) < 4.78 is 3.13. The first-order valence-electron chi connectivity index (χ1n) is 5.79. The third kappa shape index (κ3) is 3.41. The summed E-state index contributed by atoms with van der Waals surface area (Å²) in [4.78, 5) is 4.38. The predicted octanol–water partition coefficient (Wildman–Crippen LogP) is 3.13. The van der Waals surface area contributed by atoms with Gasteiger partial charge in [0, 0.05) is 22.9 Å². The summed E-state index contributed by atoms with van der Waals surface area (Å²) in [5.41, 5.74) is 2.20. The van der Waals surface area contributed by atoms with Gasteiger partial charge in [0.1, 0.15) is 0 Å². The second kappa shape index (κ2) is 5.98. The van der Waals surface area contributed by atoms with Crippen molar-refractivity contribution in [3.8, 4) is 5.69 Å². The van der Waals surface area contributed by atoms with E-state index in [0.717, 1.165) is 35.4 Å². The molecule has 0 saturated heterocycles. The molecule has 3 nitrogen and oxygen atoms in total. The van der Waals surface area contributed by atoms with Gasteiger partial charge in [0.05, 0.1) is 12.0 Å². The van der Waals surface area contributed by atoms with Crippen LogP contribution in [0.25, 0.3) is 5.69 Å². The second-order valence-electron chi connectivity index (χ2n) is 3.93. The molecule has 0 radical (unpaired) electrons. The van der Waals surface area contributed by atoms with E-state index in [0.29, 0.717) is 0 Å². The van der Waals surface area contributed by atoms with Gasteiger partial charge in [0.25, 0.3) is 0 Å². The van der Waals surface area contributed by atoms with E-state index >= 15 is 0 Å². The lowest BCUT2D eigenvalue weighted by atomic mass is 10.3. The lowest BCUT2D eigenvalue weighted by Gasteiger charge is -2.01. The van der Waals surface area contributed by atoms with Crippen molar-refractivity contribution in [2.75, 3.05) is 6.54 Å². The number of nitrogens with zero attached hydrogens (tertiary/aromatic N) is 2. The predicted molar refractivity (Wildman–Crippen MR) is 73.3 cm³/mol. The fraction of sp³-hybridized carbons (Fsp3) is 0.308. The zero-order valence-electron chi connectivity index (χ0n) is 9.86. The minimum Gasteiger partial charge on any atom is -0.311 e. The second-order valence-corrected chi connectivity index (χ2v) is 4.84. The third-order valence-corrected chi connectivity index (χ3v) is 3.02. The van der Waals surface area contributed by atoms with Crippen LogP contribution in [-0.4, -0.2) is 16.1 Å². The van der Waals surface area contributed by atoms with Crippen molar-refractivity contribution in [2.45, 2.75) is 19.9 Å². The Morgan fingerprint density at radius 1 is 1.29 bits per heavy atom. The highest BCUT2D eigenvalue weighted by Gasteiger charge is 2.00. The van der Waals surface area contributed by atoms with E-state index in [4.69, 9.17) is 0 Å². The average molecular weight is 294 g/mol. The maximum Gasteiger partial charge on any atom is 0.0995 e. The standard InChI is InChI=1S/C13H16BrN3/c1-2-7-15-8-12-9-17(10-16-12)13-5-3-11(14)4-6-13/h3-6,9-10,15H,2,7-8H2,1H3. The van der Waals surface area contributed by atoms with Gasteiger partial charge in [-0.25, -0.2) is 4.98 Å². The van der Waals surface area contributed by atoms with Crippen LogP contribution in [0.3, 0.4) is 0 Å². The van der Waals surface area contributed by atoms with Crippen LogP contribution in [0.2, 0.25) is 0 Å². The Morgan fingerprint density at radius 3 is 2.76 bits per heavy atom. The number of rotatable bonds is 5. The number of aromatic nitrogens is 2. The highest BCUT2D eigenvalue weighted by atomic mass is 79.9.